The van der Waals surface area contributed by atoms with Crippen LogP contribution < -0.4 is 0 Å². The Hall–Kier alpha value is -2.76. The summed E-state index contributed by atoms with van der Waals surface area (Å²) in [5.41, 5.74) is 4.98. The lowest BCUT2D eigenvalue weighted by Crippen LogP contribution is -2.37. The molecule has 0 aliphatic carbocycles. The molecule has 2 amide bonds. The molecule has 0 N–H and O–H groups in total. The van der Waals surface area contributed by atoms with Crippen LogP contribution in [0.5, 0.6) is 0 Å². The highest BCUT2D eigenvalue weighted by Crippen LogP contribution is 2.29. The van der Waals surface area contributed by atoms with Gasteiger partial charge >= 0.3 is 0 Å². The lowest BCUT2D eigenvalue weighted by Gasteiger charge is -2.27. The molecule has 2 aliphatic rings. The maximum atomic E-state index is 13.1. The van der Waals surface area contributed by atoms with E-state index in [4.69, 9.17) is 9.97 Å². The summed E-state index contributed by atoms with van der Waals surface area (Å²) in [4.78, 5) is 39.4. The first-order chi connectivity index (χ1) is 15.8. The second-order valence-corrected chi connectivity index (χ2v) is 9.75. The van der Waals surface area contributed by atoms with Gasteiger partial charge in [-0.1, -0.05) is 29.8 Å². The first-order valence-electron chi connectivity index (χ1n) is 12.3. The monoisotopic (exact) mass is 448 g/mol. The van der Waals surface area contributed by atoms with Gasteiger partial charge in [0.05, 0.1) is 12.3 Å². The van der Waals surface area contributed by atoms with Gasteiger partial charge in [-0.25, -0.2) is 9.97 Å². The Labute approximate surface area is 197 Å². The van der Waals surface area contributed by atoms with Crippen LogP contribution in [-0.2, 0) is 16.0 Å². The zero-order chi connectivity index (χ0) is 23.5. The van der Waals surface area contributed by atoms with E-state index in [1.165, 1.54) is 12.0 Å². The molecule has 1 aromatic carbocycles. The van der Waals surface area contributed by atoms with Crippen molar-refractivity contribution >= 4 is 11.8 Å². The summed E-state index contributed by atoms with van der Waals surface area (Å²) in [6.45, 7) is 11.1. The zero-order valence-electron chi connectivity index (χ0n) is 20.4. The molecule has 3 heterocycles. The van der Waals surface area contributed by atoms with Crippen LogP contribution in [0.1, 0.15) is 78.3 Å². The van der Waals surface area contributed by atoms with Crippen molar-refractivity contribution in [2.75, 3.05) is 26.2 Å². The Morgan fingerprint density at radius 1 is 0.939 bits per heavy atom. The summed E-state index contributed by atoms with van der Waals surface area (Å²) in [7, 11) is 0. The van der Waals surface area contributed by atoms with E-state index in [1.54, 1.807) is 0 Å². The van der Waals surface area contributed by atoms with E-state index in [2.05, 4.69) is 19.1 Å². The first kappa shape index (κ1) is 23.4. The fourth-order valence-electron chi connectivity index (χ4n) is 5.05. The van der Waals surface area contributed by atoms with Gasteiger partial charge in [-0.05, 0) is 58.9 Å². The highest BCUT2D eigenvalue weighted by molar-refractivity contribution is 5.83. The molecular weight excluding hydrogens is 412 g/mol. The van der Waals surface area contributed by atoms with Crippen LogP contribution in [0.2, 0.25) is 0 Å². The molecule has 6 heteroatoms. The fourth-order valence-corrected chi connectivity index (χ4v) is 5.05. The molecular formula is C27H36N4O2. The first-order valence-corrected chi connectivity index (χ1v) is 12.3. The third kappa shape index (κ3) is 5.26. The molecule has 6 nitrogen and oxygen atoms in total. The molecule has 2 atom stereocenters. The molecule has 0 unspecified atom stereocenters. The van der Waals surface area contributed by atoms with Crippen LogP contribution in [0.3, 0.4) is 0 Å². The van der Waals surface area contributed by atoms with Gasteiger partial charge in [0.15, 0.2) is 0 Å². The number of likely N-dealkylation sites (tertiary alicyclic amines) is 2. The van der Waals surface area contributed by atoms with Crippen molar-refractivity contribution in [3.8, 4) is 0 Å². The van der Waals surface area contributed by atoms with Gasteiger partial charge in [-0.15, -0.1) is 0 Å². The van der Waals surface area contributed by atoms with Crippen molar-refractivity contribution in [1.82, 2.24) is 19.8 Å². The standard InChI is InChI=1S/C27H36N4O2/c1-18-8-10-22(11-9-18)19(2)27(33)31-15-12-23(17-31)26-28-20(3)24(21(4)29-26)16-25(32)30-13-6-5-7-14-30/h8-11,19,23H,5-7,12-17H2,1-4H3/t19-,23+/m0/s1. The molecule has 0 radical (unpaired) electrons. The van der Waals surface area contributed by atoms with Crippen molar-refractivity contribution in [1.29, 1.82) is 0 Å². The van der Waals surface area contributed by atoms with Crippen LogP contribution in [0, 0.1) is 20.8 Å². The normalized spacial score (nSPS) is 19.6. The number of aryl methyl sites for hydroxylation is 3. The lowest BCUT2D eigenvalue weighted by atomic mass is 9.98. The predicted octanol–water partition coefficient (Wildman–Crippen LogP) is 4.08. The summed E-state index contributed by atoms with van der Waals surface area (Å²) in [5.74, 6) is 1.14. The van der Waals surface area contributed by atoms with E-state index in [0.717, 1.165) is 67.2 Å². The van der Waals surface area contributed by atoms with Gasteiger partial charge in [0.25, 0.3) is 0 Å². The quantitative estimate of drug-likeness (QED) is 0.691. The van der Waals surface area contributed by atoms with E-state index >= 15 is 0 Å². The number of carbonyl (C=O) groups excluding carboxylic acids is 2. The van der Waals surface area contributed by atoms with Gasteiger partial charge in [0, 0.05) is 49.0 Å². The summed E-state index contributed by atoms with van der Waals surface area (Å²) in [6.07, 6.45) is 4.65. The highest BCUT2D eigenvalue weighted by atomic mass is 16.2. The number of piperidine rings is 1. The molecule has 1 aromatic heterocycles. The van der Waals surface area contributed by atoms with Gasteiger partial charge in [-0.2, -0.15) is 0 Å². The average Bonchev–Trinajstić information content (AvgIpc) is 3.31. The maximum absolute atomic E-state index is 13.1. The van der Waals surface area contributed by atoms with E-state index in [0.29, 0.717) is 13.0 Å². The molecule has 2 aliphatic heterocycles. The van der Waals surface area contributed by atoms with Crippen molar-refractivity contribution in [3.63, 3.8) is 0 Å². The largest absolute Gasteiger partial charge is 0.342 e. The van der Waals surface area contributed by atoms with Gasteiger partial charge in [-0.3, -0.25) is 9.59 Å². The van der Waals surface area contributed by atoms with Crippen molar-refractivity contribution in [3.05, 3.63) is 58.2 Å². The Kier molecular flexibility index (Phi) is 7.11. The maximum Gasteiger partial charge on any atom is 0.229 e. The number of aromatic nitrogens is 2. The minimum Gasteiger partial charge on any atom is -0.342 e. The number of hydrogen-bond acceptors (Lipinski definition) is 4. The minimum atomic E-state index is -0.156. The molecule has 0 saturated carbocycles. The Morgan fingerprint density at radius 2 is 1.58 bits per heavy atom. The SMILES string of the molecule is Cc1ccc([C@H](C)C(=O)N2CC[C@@H](c3nc(C)c(CC(=O)N4CCCCC4)c(C)n3)C2)cc1. The Morgan fingerprint density at radius 3 is 2.21 bits per heavy atom. The Balaban J connectivity index is 1.41. The number of nitrogens with zero attached hydrogens (tertiary/aromatic N) is 4. The molecule has 176 valence electrons. The molecule has 33 heavy (non-hydrogen) atoms. The fraction of sp³-hybridized carbons (Fsp3) is 0.556. The molecule has 2 fully saturated rings. The third-order valence-corrected chi connectivity index (χ3v) is 7.29. The molecule has 2 saturated heterocycles. The molecule has 0 spiro atoms. The van der Waals surface area contributed by atoms with Crippen molar-refractivity contribution in [2.45, 2.75) is 71.6 Å². The Bertz CT molecular complexity index is 988. The smallest absolute Gasteiger partial charge is 0.229 e. The number of rotatable bonds is 5. The second-order valence-electron chi connectivity index (χ2n) is 9.75. The number of amides is 2. The zero-order valence-corrected chi connectivity index (χ0v) is 20.4. The van der Waals surface area contributed by atoms with Crippen LogP contribution in [0.25, 0.3) is 0 Å². The minimum absolute atomic E-state index is 0.142. The molecule has 2 aromatic rings. The van der Waals surface area contributed by atoms with Crippen LogP contribution in [0.15, 0.2) is 24.3 Å². The third-order valence-electron chi connectivity index (χ3n) is 7.29. The number of hydrogen-bond donors (Lipinski definition) is 0. The van der Waals surface area contributed by atoms with Crippen LogP contribution in [0.4, 0.5) is 0 Å². The van der Waals surface area contributed by atoms with Crippen molar-refractivity contribution < 1.29 is 9.59 Å². The summed E-state index contributed by atoms with van der Waals surface area (Å²) >= 11 is 0. The van der Waals surface area contributed by atoms with E-state index in [1.807, 2.05) is 42.7 Å². The predicted molar refractivity (Wildman–Crippen MR) is 129 cm³/mol. The molecule has 4 rings (SSSR count). The lowest BCUT2D eigenvalue weighted by molar-refractivity contribution is -0.132. The second kappa shape index (κ2) is 10.0. The highest BCUT2D eigenvalue weighted by Gasteiger charge is 2.32. The summed E-state index contributed by atoms with van der Waals surface area (Å²) in [5, 5.41) is 0. The number of benzene rings is 1. The topological polar surface area (TPSA) is 66.4 Å². The summed E-state index contributed by atoms with van der Waals surface area (Å²) in [6, 6.07) is 8.21. The van der Waals surface area contributed by atoms with Gasteiger partial charge < -0.3 is 9.80 Å². The van der Waals surface area contributed by atoms with Crippen LogP contribution >= 0.6 is 0 Å². The number of carbonyl (C=O) groups is 2. The van der Waals surface area contributed by atoms with Gasteiger partial charge in [0.2, 0.25) is 11.8 Å². The molecule has 0 bridgehead atoms. The van der Waals surface area contributed by atoms with Gasteiger partial charge in [0.1, 0.15) is 5.82 Å². The summed E-state index contributed by atoms with van der Waals surface area (Å²) < 4.78 is 0. The van der Waals surface area contributed by atoms with E-state index in [-0.39, 0.29) is 23.7 Å². The van der Waals surface area contributed by atoms with Crippen LogP contribution in [-0.4, -0.2) is 57.8 Å². The van der Waals surface area contributed by atoms with E-state index < -0.39 is 0 Å². The average molecular weight is 449 g/mol. The van der Waals surface area contributed by atoms with E-state index in [9.17, 15) is 9.59 Å². The van der Waals surface area contributed by atoms with Crippen molar-refractivity contribution in [2.24, 2.45) is 0 Å².